The molecular formula is C18H32N2O. The number of hydrogen-bond acceptors (Lipinski definition) is 3. The average Bonchev–Trinajstić information content (AvgIpc) is 2.45. The molecule has 120 valence electrons. The topological polar surface area (TPSA) is 26.7 Å². The van der Waals surface area contributed by atoms with E-state index in [1.165, 1.54) is 0 Å². The Morgan fingerprint density at radius 3 is 1.76 bits per heavy atom. The molecule has 0 aliphatic carbocycles. The lowest BCUT2D eigenvalue weighted by Gasteiger charge is -2.37. The Labute approximate surface area is 130 Å². The average molecular weight is 292 g/mol. The van der Waals surface area contributed by atoms with Crippen molar-refractivity contribution in [2.75, 3.05) is 32.7 Å². The summed E-state index contributed by atoms with van der Waals surface area (Å²) in [5.41, 5.74) is 0. The van der Waals surface area contributed by atoms with Gasteiger partial charge in [-0.2, -0.15) is 0 Å². The third kappa shape index (κ3) is 8.00. The molecule has 0 aromatic carbocycles. The Morgan fingerprint density at radius 2 is 1.38 bits per heavy atom. The lowest BCUT2D eigenvalue weighted by Crippen LogP contribution is -2.50. The Bertz CT molecular complexity index is 294. The van der Waals surface area contributed by atoms with Crippen LogP contribution in [0.15, 0.2) is 50.6 Å². The van der Waals surface area contributed by atoms with E-state index < -0.39 is 0 Å². The molecule has 3 nitrogen and oxygen atoms in total. The van der Waals surface area contributed by atoms with Crippen molar-refractivity contribution in [3.63, 3.8) is 0 Å². The van der Waals surface area contributed by atoms with Crippen molar-refractivity contribution in [3.05, 3.63) is 50.6 Å². The molecule has 0 fully saturated rings. The Balaban J connectivity index is 5.05. The molecule has 2 atom stereocenters. The number of aliphatic hydroxyl groups excluding tert-OH is 1. The highest BCUT2D eigenvalue weighted by atomic mass is 16.3. The van der Waals surface area contributed by atoms with Gasteiger partial charge in [-0.1, -0.05) is 37.6 Å². The zero-order valence-electron chi connectivity index (χ0n) is 13.6. The summed E-state index contributed by atoms with van der Waals surface area (Å²) in [6.45, 7) is 21.2. The second kappa shape index (κ2) is 12.6. The van der Waals surface area contributed by atoms with Crippen molar-refractivity contribution < 1.29 is 5.11 Å². The van der Waals surface area contributed by atoms with Gasteiger partial charge in [-0.3, -0.25) is 9.80 Å². The van der Waals surface area contributed by atoms with Crippen LogP contribution in [0.3, 0.4) is 0 Å². The smallest absolute Gasteiger partial charge is 0.0708 e. The standard InChI is InChI=1S/C18H32N2O/c1-6-11-18(21)17(20(14-9-4)15-10-5)16-19(12-7-2)13-8-3/h7-10,17-18,21H,2-6,11-16H2,1H3/t17-,18+/m1/s1. The van der Waals surface area contributed by atoms with E-state index in [0.717, 1.165) is 45.6 Å². The summed E-state index contributed by atoms with van der Waals surface area (Å²) in [7, 11) is 0. The maximum Gasteiger partial charge on any atom is 0.0708 e. The first kappa shape index (κ1) is 19.8. The fraction of sp³-hybridized carbons (Fsp3) is 0.556. The largest absolute Gasteiger partial charge is 0.391 e. The zero-order chi connectivity index (χ0) is 16.1. The van der Waals surface area contributed by atoms with Crippen LogP contribution in [-0.2, 0) is 0 Å². The van der Waals surface area contributed by atoms with Gasteiger partial charge >= 0.3 is 0 Å². The fourth-order valence-electron chi connectivity index (χ4n) is 2.50. The lowest BCUT2D eigenvalue weighted by atomic mass is 10.0. The molecule has 0 saturated heterocycles. The minimum Gasteiger partial charge on any atom is -0.391 e. The molecule has 0 aliphatic heterocycles. The molecule has 0 aliphatic rings. The van der Waals surface area contributed by atoms with Gasteiger partial charge in [0.2, 0.25) is 0 Å². The Hall–Kier alpha value is -1.16. The van der Waals surface area contributed by atoms with Crippen LogP contribution in [0.5, 0.6) is 0 Å². The summed E-state index contributed by atoms with van der Waals surface area (Å²) < 4.78 is 0. The van der Waals surface area contributed by atoms with Gasteiger partial charge in [0.1, 0.15) is 0 Å². The van der Waals surface area contributed by atoms with E-state index in [1.54, 1.807) is 0 Å². The summed E-state index contributed by atoms with van der Waals surface area (Å²) in [5, 5.41) is 10.5. The summed E-state index contributed by atoms with van der Waals surface area (Å²) in [4.78, 5) is 4.46. The predicted octanol–water partition coefficient (Wildman–Crippen LogP) is 2.86. The molecule has 0 heterocycles. The first-order valence-corrected chi connectivity index (χ1v) is 7.72. The summed E-state index contributed by atoms with van der Waals surface area (Å²) in [6, 6.07) is 0.0563. The van der Waals surface area contributed by atoms with E-state index in [9.17, 15) is 5.11 Å². The van der Waals surface area contributed by atoms with Crippen molar-refractivity contribution in [1.29, 1.82) is 0 Å². The maximum absolute atomic E-state index is 10.5. The van der Waals surface area contributed by atoms with Gasteiger partial charge in [-0.15, -0.1) is 26.3 Å². The number of nitrogens with zero attached hydrogens (tertiary/aromatic N) is 2. The number of aliphatic hydroxyl groups is 1. The van der Waals surface area contributed by atoms with Gasteiger partial charge < -0.3 is 5.11 Å². The first-order chi connectivity index (χ1) is 10.1. The molecule has 0 amide bonds. The molecule has 0 saturated carbocycles. The molecule has 0 aromatic rings. The first-order valence-electron chi connectivity index (χ1n) is 7.72. The number of rotatable bonds is 14. The molecule has 3 heteroatoms. The van der Waals surface area contributed by atoms with Crippen molar-refractivity contribution >= 4 is 0 Å². The lowest BCUT2D eigenvalue weighted by molar-refractivity contribution is 0.0361. The van der Waals surface area contributed by atoms with Gasteiger partial charge in [0.05, 0.1) is 6.10 Å². The van der Waals surface area contributed by atoms with Crippen LogP contribution in [0, 0.1) is 0 Å². The number of hydrogen-bond donors (Lipinski definition) is 1. The minimum atomic E-state index is -0.355. The molecule has 21 heavy (non-hydrogen) atoms. The highest BCUT2D eigenvalue weighted by molar-refractivity contribution is 4.91. The third-order valence-electron chi connectivity index (χ3n) is 3.44. The van der Waals surface area contributed by atoms with E-state index in [1.807, 2.05) is 24.3 Å². The van der Waals surface area contributed by atoms with Crippen LogP contribution in [0.1, 0.15) is 19.8 Å². The highest BCUT2D eigenvalue weighted by Gasteiger charge is 2.26. The van der Waals surface area contributed by atoms with Crippen molar-refractivity contribution in [1.82, 2.24) is 9.80 Å². The van der Waals surface area contributed by atoms with E-state index >= 15 is 0 Å². The molecular weight excluding hydrogens is 260 g/mol. The molecule has 0 bridgehead atoms. The predicted molar refractivity (Wildman–Crippen MR) is 93.5 cm³/mol. The van der Waals surface area contributed by atoms with E-state index in [2.05, 4.69) is 43.0 Å². The normalized spacial score (nSPS) is 13.9. The second-order valence-electron chi connectivity index (χ2n) is 5.25. The van der Waals surface area contributed by atoms with Crippen LogP contribution >= 0.6 is 0 Å². The van der Waals surface area contributed by atoms with Gasteiger partial charge in [0, 0.05) is 38.8 Å². The SMILES string of the molecule is C=CCN(CC=C)C[C@H]([C@@H](O)CCC)N(CC=C)CC=C. The van der Waals surface area contributed by atoms with E-state index in [-0.39, 0.29) is 12.1 Å². The monoisotopic (exact) mass is 292 g/mol. The zero-order valence-corrected chi connectivity index (χ0v) is 13.6. The van der Waals surface area contributed by atoms with Crippen LogP contribution in [0.25, 0.3) is 0 Å². The molecule has 1 N–H and O–H groups in total. The van der Waals surface area contributed by atoms with Gasteiger partial charge in [-0.05, 0) is 6.42 Å². The second-order valence-corrected chi connectivity index (χ2v) is 5.25. The van der Waals surface area contributed by atoms with Crippen LogP contribution in [-0.4, -0.2) is 59.8 Å². The molecule has 0 spiro atoms. The van der Waals surface area contributed by atoms with E-state index in [0.29, 0.717) is 0 Å². The molecule has 0 rings (SSSR count). The fourth-order valence-corrected chi connectivity index (χ4v) is 2.50. The van der Waals surface area contributed by atoms with Gasteiger partial charge in [-0.25, -0.2) is 0 Å². The summed E-state index contributed by atoms with van der Waals surface area (Å²) >= 11 is 0. The van der Waals surface area contributed by atoms with Crippen LogP contribution < -0.4 is 0 Å². The van der Waals surface area contributed by atoms with Crippen molar-refractivity contribution in [2.24, 2.45) is 0 Å². The molecule has 0 unspecified atom stereocenters. The van der Waals surface area contributed by atoms with Crippen LogP contribution in [0.4, 0.5) is 0 Å². The summed E-state index contributed by atoms with van der Waals surface area (Å²) in [6.07, 6.45) is 8.94. The minimum absolute atomic E-state index is 0.0563. The Kier molecular flexibility index (Phi) is 11.9. The van der Waals surface area contributed by atoms with Crippen molar-refractivity contribution in [3.8, 4) is 0 Å². The van der Waals surface area contributed by atoms with Gasteiger partial charge in [0.15, 0.2) is 0 Å². The molecule has 0 aromatic heterocycles. The summed E-state index contributed by atoms with van der Waals surface area (Å²) in [5.74, 6) is 0. The van der Waals surface area contributed by atoms with Crippen LogP contribution in [0.2, 0.25) is 0 Å². The van der Waals surface area contributed by atoms with E-state index in [4.69, 9.17) is 0 Å². The quantitative estimate of drug-likeness (QED) is 0.499. The maximum atomic E-state index is 10.5. The van der Waals surface area contributed by atoms with Crippen molar-refractivity contribution in [2.45, 2.75) is 31.9 Å². The third-order valence-corrected chi connectivity index (χ3v) is 3.44. The van der Waals surface area contributed by atoms with Gasteiger partial charge in [0.25, 0.3) is 0 Å². The highest BCUT2D eigenvalue weighted by Crippen LogP contribution is 2.13. The molecule has 0 radical (unpaired) electrons. The Morgan fingerprint density at radius 1 is 0.905 bits per heavy atom.